The van der Waals surface area contributed by atoms with Crippen LogP contribution in [-0.4, -0.2) is 5.71 Å². The molecule has 1 heterocycles. The Morgan fingerprint density at radius 2 is 2.05 bits per heavy atom. The number of nitrogens with zero attached hydrogens (tertiary/aromatic N) is 1. The van der Waals surface area contributed by atoms with Gasteiger partial charge in [0.1, 0.15) is 5.82 Å². The van der Waals surface area contributed by atoms with Gasteiger partial charge in [0, 0.05) is 12.1 Å². The number of allylic oxidation sites excluding steroid dienone is 5. The topological polar surface area (TPSA) is 12.4 Å². The third kappa shape index (κ3) is 2.47. The molecule has 1 aromatic carbocycles. The zero-order chi connectivity index (χ0) is 15.7. The molecule has 1 aliphatic heterocycles. The third-order valence-electron chi connectivity index (χ3n) is 4.71. The van der Waals surface area contributed by atoms with E-state index in [9.17, 15) is 4.39 Å². The van der Waals surface area contributed by atoms with E-state index in [4.69, 9.17) is 0 Å². The molecule has 22 heavy (non-hydrogen) atoms. The summed E-state index contributed by atoms with van der Waals surface area (Å²) in [5, 5.41) is 0. The van der Waals surface area contributed by atoms with Crippen molar-refractivity contribution in [3.63, 3.8) is 0 Å². The standard InChI is InChI=1S/C20H22FN/c1-4-15-10-11-16(14(3)19(15)21)18-12-22-20-13(2)8-6-5-7-9-17(18)20/h5,7-8,10-12,17H,4,6,9H2,1-3H3/b7-5-,13-8+. The maximum absolute atomic E-state index is 14.5. The van der Waals surface area contributed by atoms with E-state index < -0.39 is 0 Å². The Hall–Kier alpha value is -1.96. The minimum atomic E-state index is -0.0667. The SMILES string of the molecule is CCc1ccc(C2=CN=C3/C(C)=C/C/C=C\CC23)c(C)c1F. The van der Waals surface area contributed by atoms with Crippen molar-refractivity contribution in [2.24, 2.45) is 10.9 Å². The lowest BCUT2D eigenvalue weighted by molar-refractivity contribution is 0.602. The van der Waals surface area contributed by atoms with Gasteiger partial charge in [-0.15, -0.1) is 0 Å². The van der Waals surface area contributed by atoms with Crippen LogP contribution in [-0.2, 0) is 6.42 Å². The van der Waals surface area contributed by atoms with Crippen molar-refractivity contribution in [3.05, 3.63) is 64.6 Å². The summed E-state index contributed by atoms with van der Waals surface area (Å²) < 4.78 is 14.5. The van der Waals surface area contributed by atoms with Crippen molar-refractivity contribution in [2.75, 3.05) is 0 Å². The van der Waals surface area contributed by atoms with Gasteiger partial charge < -0.3 is 0 Å². The van der Waals surface area contributed by atoms with E-state index >= 15 is 0 Å². The molecule has 0 N–H and O–H groups in total. The molecule has 1 aliphatic carbocycles. The highest BCUT2D eigenvalue weighted by Crippen LogP contribution is 2.37. The first kappa shape index (κ1) is 15.0. The fourth-order valence-corrected chi connectivity index (χ4v) is 3.34. The summed E-state index contributed by atoms with van der Waals surface area (Å²) in [4.78, 5) is 4.64. The average Bonchev–Trinajstić information content (AvgIpc) is 2.90. The van der Waals surface area contributed by atoms with E-state index in [0.29, 0.717) is 0 Å². The van der Waals surface area contributed by atoms with Gasteiger partial charge in [-0.05, 0) is 60.9 Å². The molecule has 1 nitrogen and oxygen atoms in total. The second-order valence-electron chi connectivity index (χ2n) is 6.05. The Balaban J connectivity index is 2.01. The zero-order valence-corrected chi connectivity index (χ0v) is 13.5. The smallest absolute Gasteiger partial charge is 0.129 e. The van der Waals surface area contributed by atoms with E-state index in [2.05, 4.69) is 36.2 Å². The lowest BCUT2D eigenvalue weighted by Gasteiger charge is -2.20. The molecule has 0 amide bonds. The van der Waals surface area contributed by atoms with Gasteiger partial charge in [-0.2, -0.15) is 0 Å². The summed E-state index contributed by atoms with van der Waals surface area (Å²) in [6.45, 7) is 5.99. The van der Waals surface area contributed by atoms with Crippen LogP contribution < -0.4 is 0 Å². The Morgan fingerprint density at radius 1 is 1.23 bits per heavy atom. The van der Waals surface area contributed by atoms with Crippen LogP contribution >= 0.6 is 0 Å². The van der Waals surface area contributed by atoms with Gasteiger partial charge in [0.15, 0.2) is 0 Å². The zero-order valence-electron chi connectivity index (χ0n) is 13.5. The van der Waals surface area contributed by atoms with Crippen molar-refractivity contribution in [2.45, 2.75) is 40.0 Å². The average molecular weight is 295 g/mol. The molecular weight excluding hydrogens is 273 g/mol. The molecule has 114 valence electrons. The highest BCUT2D eigenvalue weighted by Gasteiger charge is 2.28. The fourth-order valence-electron chi connectivity index (χ4n) is 3.34. The number of fused-ring (bicyclic) bond motifs is 1. The highest BCUT2D eigenvalue weighted by atomic mass is 19.1. The Morgan fingerprint density at radius 3 is 2.82 bits per heavy atom. The fraction of sp³-hybridized carbons (Fsp3) is 0.350. The monoisotopic (exact) mass is 295 g/mol. The van der Waals surface area contributed by atoms with Gasteiger partial charge in [0.2, 0.25) is 0 Å². The number of aliphatic imine (C=N–C) groups is 1. The summed E-state index contributed by atoms with van der Waals surface area (Å²) >= 11 is 0. The van der Waals surface area contributed by atoms with Crippen LogP contribution in [0, 0.1) is 18.7 Å². The summed E-state index contributed by atoms with van der Waals surface area (Å²) in [7, 11) is 0. The maximum Gasteiger partial charge on any atom is 0.129 e. The molecule has 0 radical (unpaired) electrons. The van der Waals surface area contributed by atoms with E-state index in [-0.39, 0.29) is 11.7 Å². The van der Waals surface area contributed by atoms with E-state index in [0.717, 1.165) is 47.2 Å². The van der Waals surface area contributed by atoms with Crippen LogP contribution in [0.25, 0.3) is 5.57 Å². The first-order chi connectivity index (χ1) is 10.6. The molecule has 0 spiro atoms. The predicted molar refractivity (Wildman–Crippen MR) is 91.5 cm³/mol. The van der Waals surface area contributed by atoms with Crippen molar-refractivity contribution < 1.29 is 4.39 Å². The summed E-state index contributed by atoms with van der Waals surface area (Å²) in [5.74, 6) is 0.182. The number of rotatable bonds is 2. The lowest BCUT2D eigenvalue weighted by atomic mass is 9.83. The molecule has 1 aromatic rings. The second kappa shape index (κ2) is 6.04. The van der Waals surface area contributed by atoms with Crippen LogP contribution in [0.5, 0.6) is 0 Å². The molecule has 0 saturated carbocycles. The number of halogens is 1. The highest BCUT2D eigenvalue weighted by molar-refractivity contribution is 6.11. The summed E-state index contributed by atoms with van der Waals surface area (Å²) in [6.07, 6.45) is 11.2. The van der Waals surface area contributed by atoms with Gasteiger partial charge in [-0.1, -0.05) is 37.3 Å². The minimum absolute atomic E-state index is 0.0667. The predicted octanol–water partition coefficient (Wildman–Crippen LogP) is 5.40. The third-order valence-corrected chi connectivity index (χ3v) is 4.71. The van der Waals surface area contributed by atoms with Crippen LogP contribution in [0.3, 0.4) is 0 Å². The first-order valence-corrected chi connectivity index (χ1v) is 8.01. The lowest BCUT2D eigenvalue weighted by Crippen LogP contribution is -2.15. The Kier molecular flexibility index (Phi) is 4.10. The molecular formula is C20H22FN. The van der Waals surface area contributed by atoms with Crippen LogP contribution in [0.15, 0.2) is 47.1 Å². The van der Waals surface area contributed by atoms with Crippen LogP contribution in [0.4, 0.5) is 4.39 Å². The van der Waals surface area contributed by atoms with Gasteiger partial charge >= 0.3 is 0 Å². The van der Waals surface area contributed by atoms with Crippen LogP contribution in [0.2, 0.25) is 0 Å². The van der Waals surface area contributed by atoms with E-state index in [1.165, 1.54) is 5.57 Å². The van der Waals surface area contributed by atoms with Crippen molar-refractivity contribution in [1.29, 1.82) is 0 Å². The van der Waals surface area contributed by atoms with Gasteiger partial charge in [0.25, 0.3) is 0 Å². The summed E-state index contributed by atoms with van der Waals surface area (Å²) in [6, 6.07) is 3.97. The molecule has 2 aliphatic rings. The normalized spacial score (nSPS) is 24.5. The molecule has 2 heteroatoms. The van der Waals surface area contributed by atoms with Gasteiger partial charge in [-0.3, -0.25) is 4.99 Å². The van der Waals surface area contributed by atoms with E-state index in [1.54, 1.807) is 0 Å². The van der Waals surface area contributed by atoms with Crippen molar-refractivity contribution in [3.8, 4) is 0 Å². The number of hydrogen-bond acceptors (Lipinski definition) is 1. The number of benzene rings is 1. The first-order valence-electron chi connectivity index (χ1n) is 8.01. The number of aryl methyl sites for hydroxylation is 1. The van der Waals surface area contributed by atoms with Crippen molar-refractivity contribution >= 4 is 11.3 Å². The quantitative estimate of drug-likeness (QED) is 0.647. The molecule has 0 aromatic heterocycles. The molecule has 0 bridgehead atoms. The van der Waals surface area contributed by atoms with Crippen molar-refractivity contribution in [1.82, 2.24) is 0 Å². The van der Waals surface area contributed by atoms with Gasteiger partial charge in [0.05, 0.1) is 5.71 Å². The molecule has 3 rings (SSSR count). The maximum atomic E-state index is 14.5. The summed E-state index contributed by atoms with van der Waals surface area (Å²) in [5.41, 5.74) is 6.06. The Labute approximate surface area is 132 Å². The van der Waals surface area contributed by atoms with E-state index in [1.807, 2.05) is 26.1 Å². The molecule has 0 saturated heterocycles. The van der Waals surface area contributed by atoms with Crippen LogP contribution in [0.1, 0.15) is 43.4 Å². The minimum Gasteiger partial charge on any atom is -0.260 e. The number of hydrogen-bond donors (Lipinski definition) is 0. The molecule has 0 fully saturated rings. The Bertz CT molecular complexity index is 719. The second-order valence-corrected chi connectivity index (χ2v) is 6.05. The largest absolute Gasteiger partial charge is 0.260 e. The van der Waals surface area contributed by atoms with Gasteiger partial charge in [-0.25, -0.2) is 4.39 Å². The molecule has 1 atom stereocenters. The molecule has 1 unspecified atom stereocenters.